The van der Waals surface area contributed by atoms with Crippen molar-refractivity contribution in [3.8, 4) is 17.2 Å². The maximum absolute atomic E-state index is 6.05. The summed E-state index contributed by atoms with van der Waals surface area (Å²) in [6.07, 6.45) is 1.96. The first-order chi connectivity index (χ1) is 15.3. The highest BCUT2D eigenvalue weighted by Crippen LogP contribution is 2.27. The Morgan fingerprint density at radius 2 is 1.48 bits per heavy atom. The number of imidazole rings is 1. The largest absolute Gasteiger partial charge is 0.493 e. The van der Waals surface area contributed by atoms with E-state index in [1.165, 1.54) is 5.56 Å². The van der Waals surface area contributed by atoms with Gasteiger partial charge < -0.3 is 18.8 Å². The minimum atomic E-state index is 0.384. The van der Waals surface area contributed by atoms with Crippen LogP contribution in [0.1, 0.15) is 24.2 Å². The van der Waals surface area contributed by atoms with E-state index < -0.39 is 0 Å². The van der Waals surface area contributed by atoms with E-state index in [4.69, 9.17) is 19.2 Å². The SMILES string of the molecule is COc1ccccc1OCc1nc2ccccc2n1CCCCOc1ccccc1C. The fourth-order valence-corrected chi connectivity index (χ4v) is 3.64. The lowest BCUT2D eigenvalue weighted by Crippen LogP contribution is -2.09. The van der Waals surface area contributed by atoms with Crippen molar-refractivity contribution in [1.29, 1.82) is 0 Å². The molecule has 0 radical (unpaired) electrons. The van der Waals surface area contributed by atoms with E-state index in [2.05, 4.69) is 23.6 Å². The summed E-state index contributed by atoms with van der Waals surface area (Å²) in [5, 5.41) is 0. The molecule has 0 amide bonds. The average Bonchev–Trinajstić information content (AvgIpc) is 3.16. The van der Waals surface area contributed by atoms with Gasteiger partial charge in [-0.3, -0.25) is 0 Å². The first kappa shape index (κ1) is 20.8. The summed E-state index contributed by atoms with van der Waals surface area (Å²) in [5.74, 6) is 3.31. The fourth-order valence-electron chi connectivity index (χ4n) is 3.64. The van der Waals surface area contributed by atoms with E-state index in [1.807, 2.05) is 60.7 Å². The van der Waals surface area contributed by atoms with Gasteiger partial charge >= 0.3 is 0 Å². The molecule has 0 aliphatic rings. The zero-order valence-corrected chi connectivity index (χ0v) is 18.1. The van der Waals surface area contributed by atoms with Crippen molar-refractivity contribution in [3.05, 3.63) is 84.2 Å². The second-order valence-corrected chi connectivity index (χ2v) is 7.43. The van der Waals surface area contributed by atoms with Crippen molar-refractivity contribution in [2.24, 2.45) is 0 Å². The second kappa shape index (κ2) is 10.0. The summed E-state index contributed by atoms with van der Waals surface area (Å²) < 4.78 is 19.6. The van der Waals surface area contributed by atoms with Crippen LogP contribution in [0.2, 0.25) is 0 Å². The number of fused-ring (bicyclic) bond motifs is 1. The molecule has 1 aromatic heterocycles. The van der Waals surface area contributed by atoms with Gasteiger partial charge in [0, 0.05) is 6.54 Å². The molecule has 0 aliphatic heterocycles. The van der Waals surface area contributed by atoms with Crippen LogP contribution >= 0.6 is 0 Å². The molecule has 0 N–H and O–H groups in total. The average molecular weight is 417 g/mol. The number of hydrogen-bond donors (Lipinski definition) is 0. The first-order valence-electron chi connectivity index (χ1n) is 10.6. The summed E-state index contributed by atoms with van der Waals surface area (Å²) >= 11 is 0. The summed E-state index contributed by atoms with van der Waals surface area (Å²) in [7, 11) is 1.65. The number of rotatable bonds is 10. The molecule has 31 heavy (non-hydrogen) atoms. The zero-order valence-electron chi connectivity index (χ0n) is 18.1. The van der Waals surface area contributed by atoms with E-state index >= 15 is 0 Å². The summed E-state index contributed by atoms with van der Waals surface area (Å²) in [4.78, 5) is 4.81. The molecule has 0 atom stereocenters. The maximum Gasteiger partial charge on any atom is 0.161 e. The van der Waals surface area contributed by atoms with Crippen LogP contribution in [0.4, 0.5) is 0 Å². The monoisotopic (exact) mass is 416 g/mol. The first-order valence-corrected chi connectivity index (χ1v) is 10.6. The number of aryl methyl sites for hydroxylation is 2. The normalized spacial score (nSPS) is 10.9. The van der Waals surface area contributed by atoms with Crippen molar-refractivity contribution in [2.45, 2.75) is 32.9 Å². The number of aromatic nitrogens is 2. The summed E-state index contributed by atoms with van der Waals surface area (Å²) in [6.45, 7) is 4.02. The number of unbranched alkanes of at least 4 members (excludes halogenated alkanes) is 1. The Labute approximate surface area is 183 Å². The molecule has 0 saturated heterocycles. The third-order valence-corrected chi connectivity index (χ3v) is 5.29. The van der Waals surface area contributed by atoms with Gasteiger partial charge in [-0.25, -0.2) is 4.98 Å². The molecule has 1 heterocycles. The molecular weight excluding hydrogens is 388 g/mol. The smallest absolute Gasteiger partial charge is 0.161 e. The van der Waals surface area contributed by atoms with Crippen LogP contribution in [-0.2, 0) is 13.2 Å². The van der Waals surface area contributed by atoms with Crippen LogP contribution in [0.3, 0.4) is 0 Å². The molecule has 0 spiro atoms. The number of methoxy groups -OCH3 is 1. The minimum absolute atomic E-state index is 0.384. The third-order valence-electron chi connectivity index (χ3n) is 5.29. The Bertz CT molecular complexity index is 1140. The van der Waals surface area contributed by atoms with Crippen LogP contribution in [0, 0.1) is 6.92 Å². The Morgan fingerprint density at radius 3 is 2.29 bits per heavy atom. The van der Waals surface area contributed by atoms with Crippen LogP contribution in [-0.4, -0.2) is 23.3 Å². The molecular formula is C26H28N2O3. The molecule has 0 saturated carbocycles. The maximum atomic E-state index is 6.05. The van der Waals surface area contributed by atoms with Crippen molar-refractivity contribution >= 4 is 11.0 Å². The number of ether oxygens (including phenoxy) is 3. The van der Waals surface area contributed by atoms with Crippen molar-refractivity contribution < 1.29 is 14.2 Å². The van der Waals surface area contributed by atoms with Gasteiger partial charge in [0.2, 0.25) is 0 Å². The molecule has 4 rings (SSSR count). The molecule has 0 fully saturated rings. The van der Waals surface area contributed by atoms with Gasteiger partial charge in [-0.05, 0) is 55.7 Å². The third kappa shape index (κ3) is 5.00. The molecule has 0 aliphatic carbocycles. The van der Waals surface area contributed by atoms with Gasteiger partial charge in [0.05, 0.1) is 24.8 Å². The van der Waals surface area contributed by atoms with Gasteiger partial charge in [0.1, 0.15) is 18.2 Å². The lowest BCUT2D eigenvalue weighted by atomic mass is 10.2. The lowest BCUT2D eigenvalue weighted by molar-refractivity contribution is 0.269. The van der Waals surface area contributed by atoms with Crippen molar-refractivity contribution in [3.63, 3.8) is 0 Å². The molecule has 160 valence electrons. The van der Waals surface area contributed by atoms with Crippen LogP contribution < -0.4 is 14.2 Å². The Kier molecular flexibility index (Phi) is 6.72. The predicted octanol–water partition coefficient (Wildman–Crippen LogP) is 5.79. The Hall–Kier alpha value is -3.47. The molecule has 5 heteroatoms. The minimum Gasteiger partial charge on any atom is -0.493 e. The Balaban J connectivity index is 1.41. The standard InChI is InChI=1S/C26H28N2O3/c1-20-11-3-6-14-23(20)30-18-10-9-17-28-22-13-5-4-12-21(22)27-26(28)19-31-25-16-8-7-15-24(25)29-2/h3-8,11-16H,9-10,17-19H2,1-2H3. The predicted molar refractivity (Wildman–Crippen MR) is 123 cm³/mol. The molecule has 0 bridgehead atoms. The van der Waals surface area contributed by atoms with Gasteiger partial charge in [-0.15, -0.1) is 0 Å². The highest BCUT2D eigenvalue weighted by Gasteiger charge is 2.12. The molecule has 0 unspecified atom stereocenters. The van der Waals surface area contributed by atoms with E-state index in [-0.39, 0.29) is 0 Å². The van der Waals surface area contributed by atoms with E-state index in [1.54, 1.807) is 7.11 Å². The molecule has 4 aromatic rings. The van der Waals surface area contributed by atoms with Crippen molar-refractivity contribution in [2.75, 3.05) is 13.7 Å². The number of hydrogen-bond acceptors (Lipinski definition) is 4. The lowest BCUT2D eigenvalue weighted by Gasteiger charge is -2.13. The second-order valence-electron chi connectivity index (χ2n) is 7.43. The quantitative estimate of drug-likeness (QED) is 0.307. The van der Waals surface area contributed by atoms with Gasteiger partial charge in [-0.1, -0.05) is 42.5 Å². The highest BCUT2D eigenvalue weighted by atomic mass is 16.5. The van der Waals surface area contributed by atoms with E-state index in [9.17, 15) is 0 Å². The highest BCUT2D eigenvalue weighted by molar-refractivity contribution is 5.75. The van der Waals surface area contributed by atoms with Gasteiger partial charge in [0.25, 0.3) is 0 Å². The van der Waals surface area contributed by atoms with Crippen molar-refractivity contribution in [1.82, 2.24) is 9.55 Å². The Morgan fingerprint density at radius 1 is 0.774 bits per heavy atom. The van der Waals surface area contributed by atoms with Gasteiger partial charge in [0.15, 0.2) is 11.5 Å². The molecule has 3 aromatic carbocycles. The van der Waals surface area contributed by atoms with Crippen LogP contribution in [0.25, 0.3) is 11.0 Å². The van der Waals surface area contributed by atoms with Crippen LogP contribution in [0.5, 0.6) is 17.2 Å². The number of benzene rings is 3. The van der Waals surface area contributed by atoms with Gasteiger partial charge in [-0.2, -0.15) is 0 Å². The van der Waals surface area contributed by atoms with Crippen LogP contribution in [0.15, 0.2) is 72.8 Å². The zero-order chi connectivity index (χ0) is 21.5. The summed E-state index contributed by atoms with van der Waals surface area (Å²) in [6, 6.07) is 24.0. The summed E-state index contributed by atoms with van der Waals surface area (Å²) in [5.41, 5.74) is 3.28. The topological polar surface area (TPSA) is 45.5 Å². The molecule has 5 nitrogen and oxygen atoms in total. The number of nitrogens with zero attached hydrogens (tertiary/aromatic N) is 2. The van der Waals surface area contributed by atoms with E-state index in [0.717, 1.165) is 53.5 Å². The number of para-hydroxylation sites is 5. The van der Waals surface area contributed by atoms with E-state index in [0.29, 0.717) is 13.2 Å². The fraction of sp³-hybridized carbons (Fsp3) is 0.269.